The maximum atomic E-state index is 11.1. The van der Waals surface area contributed by atoms with E-state index in [1.165, 1.54) is 0 Å². The van der Waals surface area contributed by atoms with Crippen LogP contribution >= 0.6 is 12.2 Å². The van der Waals surface area contributed by atoms with Crippen molar-refractivity contribution >= 4 is 23.1 Å². The smallest absolute Gasteiger partial charge is 0.183 e. The Morgan fingerprint density at radius 2 is 2.42 bits per heavy atom. The molecule has 1 fully saturated rings. The average Bonchev–Trinajstić information content (AvgIpc) is 2.50. The number of nitrogens with two attached hydrogens (primary N) is 1. The Morgan fingerprint density at radius 3 is 2.92 bits per heavy atom. The Balaban J connectivity index is 2.63. The van der Waals surface area contributed by atoms with Crippen LogP contribution < -0.4 is 11.3 Å². The largest absolute Gasteiger partial charge is 0.338 e. The van der Waals surface area contributed by atoms with Crippen LogP contribution in [0.25, 0.3) is 0 Å². The highest BCUT2D eigenvalue weighted by molar-refractivity contribution is 7.80. The molecule has 68 valence electrons. The van der Waals surface area contributed by atoms with Crippen LogP contribution in [-0.2, 0) is 4.79 Å². The third-order valence-corrected chi connectivity index (χ3v) is 2.46. The molecule has 0 aromatic rings. The summed E-state index contributed by atoms with van der Waals surface area (Å²) in [5.41, 5.74) is 2.40. The van der Waals surface area contributed by atoms with E-state index in [2.05, 4.69) is 5.43 Å². The minimum Gasteiger partial charge on any atom is -0.338 e. The van der Waals surface area contributed by atoms with E-state index < -0.39 is 0 Å². The van der Waals surface area contributed by atoms with Gasteiger partial charge in [-0.15, -0.1) is 0 Å². The Morgan fingerprint density at radius 1 is 1.75 bits per heavy atom. The fourth-order valence-corrected chi connectivity index (χ4v) is 1.73. The predicted molar refractivity (Wildman–Crippen MR) is 50.3 cm³/mol. The molecule has 0 aromatic carbocycles. The van der Waals surface area contributed by atoms with E-state index in [0.717, 1.165) is 19.4 Å². The first-order valence-electron chi connectivity index (χ1n) is 3.94. The number of hydrogen-bond donors (Lipinski definition) is 2. The highest BCUT2D eigenvalue weighted by atomic mass is 32.1. The normalized spacial score (nSPS) is 22.5. The predicted octanol–water partition coefficient (Wildman–Crippen LogP) is -0.212. The Kier molecular flexibility index (Phi) is 2.99. The van der Waals surface area contributed by atoms with Crippen molar-refractivity contribution < 1.29 is 4.79 Å². The van der Waals surface area contributed by atoms with Crippen molar-refractivity contribution in [2.45, 2.75) is 25.8 Å². The van der Waals surface area contributed by atoms with Gasteiger partial charge in [-0.2, -0.15) is 0 Å². The molecule has 0 spiro atoms. The number of likely N-dealkylation sites (tertiary alicyclic amines) is 1. The fraction of sp³-hybridized carbons (Fsp3) is 0.714. The van der Waals surface area contributed by atoms with Crippen molar-refractivity contribution in [2.75, 3.05) is 6.54 Å². The monoisotopic (exact) mass is 187 g/mol. The fourth-order valence-electron chi connectivity index (χ4n) is 1.52. The topological polar surface area (TPSA) is 58.4 Å². The van der Waals surface area contributed by atoms with Gasteiger partial charge in [0.1, 0.15) is 0 Å². The molecular formula is C7H13N3OS. The molecule has 1 saturated heterocycles. The number of thiocarbonyl (C=S) groups is 1. The first-order valence-corrected chi connectivity index (χ1v) is 4.35. The van der Waals surface area contributed by atoms with Crippen LogP contribution in [-0.4, -0.2) is 28.4 Å². The quantitative estimate of drug-likeness (QED) is 0.338. The van der Waals surface area contributed by atoms with E-state index in [1.807, 2.05) is 4.90 Å². The van der Waals surface area contributed by atoms with Gasteiger partial charge in [-0.25, -0.2) is 5.84 Å². The summed E-state index contributed by atoms with van der Waals surface area (Å²) in [4.78, 5) is 13.0. The number of ketones is 1. The summed E-state index contributed by atoms with van der Waals surface area (Å²) in [6.07, 6.45) is 1.89. The van der Waals surface area contributed by atoms with Gasteiger partial charge >= 0.3 is 0 Å². The van der Waals surface area contributed by atoms with E-state index >= 15 is 0 Å². The van der Waals surface area contributed by atoms with Gasteiger partial charge in [0.05, 0.1) is 6.04 Å². The third-order valence-electron chi connectivity index (χ3n) is 2.11. The minimum absolute atomic E-state index is 0.0615. The zero-order chi connectivity index (χ0) is 9.14. The molecule has 0 radical (unpaired) electrons. The lowest BCUT2D eigenvalue weighted by Gasteiger charge is -2.24. The second-order valence-corrected chi connectivity index (χ2v) is 3.30. The molecule has 5 heteroatoms. The van der Waals surface area contributed by atoms with Crippen LogP contribution in [0.2, 0.25) is 0 Å². The number of rotatable bonds is 1. The Bertz CT molecular complexity index is 207. The zero-order valence-electron chi connectivity index (χ0n) is 7.04. The van der Waals surface area contributed by atoms with E-state index in [9.17, 15) is 4.79 Å². The molecule has 1 rings (SSSR count). The van der Waals surface area contributed by atoms with Gasteiger partial charge in [0.15, 0.2) is 10.9 Å². The number of carbonyl (C=O) groups excluding carboxylic acids is 1. The molecule has 3 N–H and O–H groups in total. The molecule has 1 aliphatic heterocycles. The van der Waals surface area contributed by atoms with Gasteiger partial charge in [0, 0.05) is 6.54 Å². The zero-order valence-corrected chi connectivity index (χ0v) is 7.86. The molecule has 1 heterocycles. The highest BCUT2D eigenvalue weighted by Gasteiger charge is 2.29. The Hall–Kier alpha value is -0.680. The second kappa shape index (κ2) is 3.82. The molecule has 0 bridgehead atoms. The lowest BCUT2D eigenvalue weighted by atomic mass is 10.1. The lowest BCUT2D eigenvalue weighted by Crippen LogP contribution is -2.47. The number of hydrogen-bond acceptors (Lipinski definition) is 3. The van der Waals surface area contributed by atoms with E-state index in [0.29, 0.717) is 5.11 Å². The van der Waals surface area contributed by atoms with Gasteiger partial charge in [-0.1, -0.05) is 0 Å². The molecule has 4 nitrogen and oxygen atoms in total. The third kappa shape index (κ3) is 1.73. The van der Waals surface area contributed by atoms with E-state index in [-0.39, 0.29) is 11.8 Å². The molecule has 1 unspecified atom stereocenters. The van der Waals surface area contributed by atoms with Gasteiger partial charge in [-0.3, -0.25) is 4.79 Å². The van der Waals surface area contributed by atoms with Crippen molar-refractivity contribution in [3.8, 4) is 0 Å². The average molecular weight is 187 g/mol. The summed E-state index contributed by atoms with van der Waals surface area (Å²) >= 11 is 4.95. The van der Waals surface area contributed by atoms with Gasteiger partial charge in [0.2, 0.25) is 0 Å². The van der Waals surface area contributed by atoms with Gasteiger partial charge < -0.3 is 10.3 Å². The van der Waals surface area contributed by atoms with Crippen LogP contribution in [0.15, 0.2) is 0 Å². The molecule has 1 atom stereocenters. The maximum absolute atomic E-state index is 11.1. The van der Waals surface area contributed by atoms with Gasteiger partial charge in [0.25, 0.3) is 0 Å². The summed E-state index contributed by atoms with van der Waals surface area (Å²) in [5, 5.41) is 0.465. The number of nitrogens with one attached hydrogen (secondary N) is 1. The number of Topliss-reactive ketones (excluding diaryl/α,β-unsaturated/α-hetero) is 1. The van der Waals surface area contributed by atoms with Gasteiger partial charge in [-0.05, 0) is 32.0 Å². The van der Waals surface area contributed by atoms with Crippen LogP contribution in [0.3, 0.4) is 0 Å². The number of hydrazine groups is 1. The van der Waals surface area contributed by atoms with Crippen LogP contribution in [0.5, 0.6) is 0 Å². The van der Waals surface area contributed by atoms with E-state index in [1.54, 1.807) is 6.92 Å². The highest BCUT2D eigenvalue weighted by Crippen LogP contribution is 2.17. The second-order valence-electron chi connectivity index (χ2n) is 2.91. The van der Waals surface area contributed by atoms with E-state index in [4.69, 9.17) is 18.1 Å². The number of nitrogens with zero attached hydrogens (tertiary/aromatic N) is 1. The van der Waals surface area contributed by atoms with Crippen LogP contribution in [0.1, 0.15) is 19.8 Å². The molecule has 0 aromatic heterocycles. The SMILES string of the molecule is CC(=O)C1CCCN1C(=S)NN. The molecule has 0 aliphatic carbocycles. The molecule has 12 heavy (non-hydrogen) atoms. The first kappa shape index (κ1) is 9.41. The van der Waals surface area contributed by atoms with Crippen molar-refractivity contribution in [2.24, 2.45) is 5.84 Å². The first-order chi connectivity index (χ1) is 5.66. The van der Waals surface area contributed by atoms with Crippen LogP contribution in [0.4, 0.5) is 0 Å². The van der Waals surface area contributed by atoms with Crippen LogP contribution in [0, 0.1) is 0 Å². The summed E-state index contributed by atoms with van der Waals surface area (Å²) < 4.78 is 0. The van der Waals surface area contributed by atoms with Crippen molar-refractivity contribution in [3.63, 3.8) is 0 Å². The van der Waals surface area contributed by atoms with Crippen molar-refractivity contribution in [3.05, 3.63) is 0 Å². The molecule has 0 saturated carbocycles. The molecule has 1 aliphatic rings. The Labute approximate surface area is 77.1 Å². The molecular weight excluding hydrogens is 174 g/mol. The maximum Gasteiger partial charge on any atom is 0.183 e. The molecule has 0 amide bonds. The lowest BCUT2D eigenvalue weighted by molar-refractivity contribution is -0.120. The number of carbonyl (C=O) groups is 1. The van der Waals surface area contributed by atoms with Crippen molar-refractivity contribution in [1.29, 1.82) is 0 Å². The van der Waals surface area contributed by atoms with Crippen molar-refractivity contribution in [1.82, 2.24) is 10.3 Å². The standard InChI is InChI=1S/C7H13N3OS/c1-5(11)6-3-2-4-10(6)7(12)9-8/h6H,2-4,8H2,1H3,(H,9,12). The summed E-state index contributed by atoms with van der Waals surface area (Å²) in [6.45, 7) is 2.41. The summed E-state index contributed by atoms with van der Waals surface area (Å²) in [7, 11) is 0. The summed E-state index contributed by atoms with van der Waals surface area (Å²) in [5.74, 6) is 5.33. The summed E-state index contributed by atoms with van der Waals surface area (Å²) in [6, 6.07) is -0.0615. The minimum atomic E-state index is -0.0615.